The minimum absolute atomic E-state index is 0. The van der Waals surface area contributed by atoms with E-state index in [9.17, 15) is 0 Å². The van der Waals surface area contributed by atoms with Crippen molar-refractivity contribution in [1.29, 1.82) is 0 Å². The van der Waals surface area contributed by atoms with Crippen molar-refractivity contribution in [2.45, 2.75) is 60.4 Å². The molecule has 1 aromatic rings. The smallest absolute Gasteiger partial charge is 0.0630 e. The molecular weight excluding hydrogens is 357 g/mol. The van der Waals surface area contributed by atoms with E-state index in [4.69, 9.17) is 5.40 Å². The molecule has 1 aromatic carbocycles. The van der Waals surface area contributed by atoms with Crippen molar-refractivity contribution in [1.82, 2.24) is 0 Å². The molecule has 0 radical (unpaired) electrons. The average Bonchev–Trinajstić information content (AvgIpc) is 2.29. The minimum atomic E-state index is -1.36. The van der Waals surface area contributed by atoms with Gasteiger partial charge in [0.15, 0.2) is 0 Å². The third-order valence-electron chi connectivity index (χ3n) is 2.18. The van der Waals surface area contributed by atoms with Crippen LogP contribution in [0.2, 0.25) is 32.7 Å². The fourth-order valence-electron chi connectivity index (χ4n) is 1.13. The summed E-state index contributed by atoms with van der Waals surface area (Å²) < 4.78 is 0. The number of rotatable bonds is 0. The van der Waals surface area contributed by atoms with Gasteiger partial charge in [0.2, 0.25) is 0 Å². The van der Waals surface area contributed by atoms with Crippen LogP contribution >= 0.6 is 0 Å². The van der Waals surface area contributed by atoms with E-state index in [0.717, 1.165) is 0 Å². The van der Waals surface area contributed by atoms with Gasteiger partial charge in [0.25, 0.3) is 0 Å². The summed E-state index contributed by atoms with van der Waals surface area (Å²) in [6, 6.07) is 2.24. The maximum Gasteiger partial charge on any atom is -0.0630 e. The van der Waals surface area contributed by atoms with Crippen LogP contribution in [0.25, 0.3) is 5.40 Å². The molecule has 1 rings (SSSR count). The van der Waals surface area contributed by atoms with Gasteiger partial charge in [-0.15, -0.1) is 0 Å². The first-order valence-electron chi connectivity index (χ1n) is 6.33. The standard InChI is InChI=1S/C9H13.C3H10NSi.C2H6Si.2ClH.Ti/c1-6-5-7(2)9(4)8(6)3;1-5(2,3)4;1-3-2;;;/h5H,1-4H3;4H,1-3H3;1-2H3;2*1H;/q2*-1;;;;+2/p-2. The Balaban J connectivity index is -0.000000102. The summed E-state index contributed by atoms with van der Waals surface area (Å²) >= 11 is 2.27. The topological polar surface area (TPSA) is 23.8 Å². The Labute approximate surface area is 152 Å². The van der Waals surface area contributed by atoms with Crippen LogP contribution in [-0.2, 0) is 19.2 Å². The molecule has 0 aromatic heterocycles. The summed E-state index contributed by atoms with van der Waals surface area (Å²) in [6.07, 6.45) is 0.120. The Hall–Kier alpha value is 1.04. The molecule has 0 aliphatic rings. The van der Waals surface area contributed by atoms with Crippen molar-refractivity contribution in [2.75, 3.05) is 0 Å². The summed E-state index contributed by atoms with van der Waals surface area (Å²) in [5, 5.41) is 7.08. The fourth-order valence-corrected chi connectivity index (χ4v) is 1.13. The SMILES string of the molecule is C[Si](C)(C)[NH-].C[Si](C)=[Ti+2].Cc1c[c-](C)c(C)c1C.[Cl-].[Cl-]. The quantitative estimate of drug-likeness (QED) is 0.416. The maximum atomic E-state index is 7.08. The molecular formula is C14H29Cl2NSi2Ti-2. The van der Waals surface area contributed by atoms with E-state index in [1.807, 2.05) is 19.6 Å². The van der Waals surface area contributed by atoms with Crippen molar-refractivity contribution < 1.29 is 44.0 Å². The second-order valence-corrected chi connectivity index (χ2v) is 17.2. The van der Waals surface area contributed by atoms with Gasteiger partial charge in [-0.25, -0.2) is 0 Å². The van der Waals surface area contributed by atoms with E-state index in [1.165, 1.54) is 22.3 Å². The van der Waals surface area contributed by atoms with E-state index < -0.39 is 8.24 Å². The van der Waals surface area contributed by atoms with E-state index >= 15 is 0 Å². The number of nitrogens with one attached hydrogen (secondary N) is 1. The predicted molar refractivity (Wildman–Crippen MR) is 86.1 cm³/mol. The molecule has 118 valence electrons. The van der Waals surface area contributed by atoms with Gasteiger partial charge < -0.3 is 30.2 Å². The number of aryl methyl sites for hydroxylation is 2. The van der Waals surface area contributed by atoms with E-state index in [1.54, 1.807) is 0 Å². The summed E-state index contributed by atoms with van der Waals surface area (Å²) in [7, 11) is -1.36. The van der Waals surface area contributed by atoms with Gasteiger partial charge in [0.1, 0.15) is 0 Å². The molecule has 0 saturated carbocycles. The normalized spacial score (nSPS) is 9.00. The number of hydrogen-bond acceptors (Lipinski definition) is 0. The molecule has 0 heterocycles. The monoisotopic (exact) mass is 385 g/mol. The molecule has 0 atom stereocenters. The Bertz CT molecular complexity index is 353. The number of hydrogen-bond donors (Lipinski definition) is 0. The predicted octanol–water partition coefficient (Wildman–Crippen LogP) is -0.695. The summed E-state index contributed by atoms with van der Waals surface area (Å²) in [4.78, 5) is 0. The van der Waals surface area contributed by atoms with Crippen molar-refractivity contribution in [3.63, 3.8) is 0 Å². The average molecular weight is 386 g/mol. The van der Waals surface area contributed by atoms with Crippen molar-refractivity contribution >= 4 is 14.4 Å². The zero-order valence-electron chi connectivity index (χ0n) is 14.3. The summed E-state index contributed by atoms with van der Waals surface area (Å²) in [5.41, 5.74) is 5.75. The second-order valence-electron chi connectivity index (χ2n) is 6.01. The fraction of sp³-hybridized carbons (Fsp3) is 0.643. The Morgan fingerprint density at radius 2 is 1.35 bits per heavy atom. The molecule has 20 heavy (non-hydrogen) atoms. The van der Waals surface area contributed by atoms with Crippen LogP contribution in [0.1, 0.15) is 22.3 Å². The van der Waals surface area contributed by atoms with Crippen LogP contribution < -0.4 is 24.8 Å². The molecule has 0 spiro atoms. The summed E-state index contributed by atoms with van der Waals surface area (Å²) in [5.74, 6) is 0. The van der Waals surface area contributed by atoms with Gasteiger partial charge >= 0.3 is 38.5 Å². The van der Waals surface area contributed by atoms with E-state index in [0.29, 0.717) is 0 Å². The Morgan fingerprint density at radius 1 is 1.10 bits per heavy atom. The molecule has 0 amide bonds. The van der Waals surface area contributed by atoms with E-state index in [-0.39, 0.29) is 31.0 Å². The summed E-state index contributed by atoms with van der Waals surface area (Å²) in [6.45, 7) is 19.2. The van der Waals surface area contributed by atoms with Gasteiger partial charge in [-0.3, -0.25) is 0 Å². The molecule has 0 bridgehead atoms. The van der Waals surface area contributed by atoms with Crippen molar-refractivity contribution in [3.8, 4) is 0 Å². The first kappa shape index (κ1) is 29.1. The van der Waals surface area contributed by atoms with Crippen LogP contribution in [0, 0.1) is 27.7 Å². The molecule has 1 N–H and O–H groups in total. The van der Waals surface area contributed by atoms with Gasteiger partial charge in [-0.1, -0.05) is 55.6 Å². The maximum absolute atomic E-state index is 7.08. The molecule has 1 nitrogen and oxygen atoms in total. The third kappa shape index (κ3) is 21.3. The second kappa shape index (κ2) is 13.7. The van der Waals surface area contributed by atoms with Gasteiger partial charge in [0, 0.05) is 0 Å². The van der Waals surface area contributed by atoms with Gasteiger partial charge in [0.05, 0.1) is 0 Å². The van der Waals surface area contributed by atoms with E-state index in [2.05, 4.69) is 66.0 Å². The zero-order chi connectivity index (χ0) is 15.1. The first-order chi connectivity index (χ1) is 7.86. The third-order valence-corrected chi connectivity index (χ3v) is 2.18. The van der Waals surface area contributed by atoms with Gasteiger partial charge in [-0.2, -0.15) is 28.3 Å². The Kier molecular flexibility index (Phi) is 19.9. The van der Waals surface area contributed by atoms with Crippen molar-refractivity contribution in [2.24, 2.45) is 0 Å². The van der Waals surface area contributed by atoms with Crippen LogP contribution in [0.3, 0.4) is 0 Å². The molecule has 0 aliphatic heterocycles. The Morgan fingerprint density at radius 3 is 1.40 bits per heavy atom. The minimum Gasteiger partial charge on any atom is -1.00 e. The largest absolute Gasteiger partial charge is 1.00 e. The van der Waals surface area contributed by atoms with Crippen LogP contribution in [0.4, 0.5) is 0 Å². The molecule has 6 heteroatoms. The van der Waals surface area contributed by atoms with Gasteiger partial charge in [-0.05, 0) is 0 Å². The molecule has 0 aliphatic carbocycles. The molecule has 0 fully saturated rings. The first-order valence-corrected chi connectivity index (χ1v) is 14.7. The van der Waals surface area contributed by atoms with Crippen LogP contribution in [0.5, 0.6) is 0 Å². The molecule has 0 unspecified atom stereocenters. The van der Waals surface area contributed by atoms with Crippen LogP contribution in [-0.4, -0.2) is 14.4 Å². The molecule has 0 saturated heterocycles. The zero-order valence-corrected chi connectivity index (χ0v) is 19.4. The number of halogens is 2. The van der Waals surface area contributed by atoms with Crippen molar-refractivity contribution in [3.05, 3.63) is 33.7 Å². The van der Waals surface area contributed by atoms with Crippen LogP contribution in [0.15, 0.2) is 6.07 Å².